The Hall–Kier alpha value is -3.77. The molecule has 0 aliphatic rings. The van der Waals surface area contributed by atoms with E-state index in [1.165, 1.54) is 6.21 Å². The van der Waals surface area contributed by atoms with Crippen LogP contribution in [0.3, 0.4) is 0 Å². The third-order valence-corrected chi connectivity index (χ3v) is 4.47. The van der Waals surface area contributed by atoms with Gasteiger partial charge in [0.05, 0.1) is 17.2 Å². The first-order chi connectivity index (χ1) is 13.7. The zero-order valence-corrected chi connectivity index (χ0v) is 14.9. The van der Waals surface area contributed by atoms with E-state index in [0.29, 0.717) is 17.0 Å². The summed E-state index contributed by atoms with van der Waals surface area (Å²) < 4.78 is 0. The summed E-state index contributed by atoms with van der Waals surface area (Å²) in [4.78, 5) is 20.4. The number of amides is 1. The number of nitrogens with zero attached hydrogens (tertiary/aromatic N) is 2. The molecule has 0 saturated heterocycles. The highest BCUT2D eigenvalue weighted by molar-refractivity contribution is 5.91. The van der Waals surface area contributed by atoms with Gasteiger partial charge in [-0.05, 0) is 23.3 Å². The van der Waals surface area contributed by atoms with E-state index in [2.05, 4.69) is 20.5 Å². The highest BCUT2D eigenvalue weighted by atomic mass is 16.3. The number of carbonyl (C=O) groups excluding carboxylic acids is 1. The second kappa shape index (κ2) is 7.46. The number of rotatable bonds is 5. The summed E-state index contributed by atoms with van der Waals surface area (Å²) in [5.74, 6) is -0.151. The highest BCUT2D eigenvalue weighted by Crippen LogP contribution is 2.29. The number of fused-ring (bicyclic) bond motifs is 1. The molecule has 1 amide bonds. The maximum Gasteiger partial charge on any atom is 0.281 e. The van der Waals surface area contributed by atoms with Gasteiger partial charge in [-0.1, -0.05) is 72.8 Å². The molecule has 3 aromatic carbocycles. The van der Waals surface area contributed by atoms with Crippen LogP contribution in [0.15, 0.2) is 90.0 Å². The summed E-state index contributed by atoms with van der Waals surface area (Å²) in [6.07, 6.45) is 1.41. The number of nitrogens with one attached hydrogen (secondary N) is 2. The van der Waals surface area contributed by atoms with Crippen LogP contribution in [0.1, 0.15) is 17.0 Å². The predicted octanol–water partition coefficient (Wildman–Crippen LogP) is 2.95. The summed E-state index contributed by atoms with van der Waals surface area (Å²) in [6.45, 7) is 0. The fourth-order valence-electron chi connectivity index (χ4n) is 3.05. The van der Waals surface area contributed by atoms with E-state index < -0.39 is 11.5 Å². The molecule has 6 heteroatoms. The fourth-order valence-corrected chi connectivity index (χ4v) is 3.05. The van der Waals surface area contributed by atoms with Crippen molar-refractivity contribution in [2.75, 3.05) is 0 Å². The van der Waals surface area contributed by atoms with Gasteiger partial charge in [0.15, 0.2) is 11.4 Å². The van der Waals surface area contributed by atoms with E-state index in [0.717, 1.165) is 11.0 Å². The molecule has 0 spiro atoms. The van der Waals surface area contributed by atoms with Crippen molar-refractivity contribution in [1.29, 1.82) is 0 Å². The Labute approximate surface area is 161 Å². The lowest BCUT2D eigenvalue weighted by atomic mass is 9.85. The number of imidazole rings is 1. The van der Waals surface area contributed by atoms with Crippen molar-refractivity contribution in [3.8, 4) is 0 Å². The number of aliphatic hydroxyl groups is 1. The van der Waals surface area contributed by atoms with E-state index in [1.54, 1.807) is 48.5 Å². The fraction of sp³-hybridized carbons (Fsp3) is 0.0455. The van der Waals surface area contributed by atoms with Crippen LogP contribution in [0.2, 0.25) is 0 Å². The molecule has 0 unspecified atom stereocenters. The number of benzene rings is 3. The molecule has 0 aliphatic heterocycles. The number of hydrogen-bond acceptors (Lipinski definition) is 4. The molecule has 0 saturated carbocycles. The molecule has 138 valence electrons. The first-order valence-corrected chi connectivity index (χ1v) is 8.79. The van der Waals surface area contributed by atoms with Crippen molar-refractivity contribution in [3.05, 3.63) is 102 Å². The van der Waals surface area contributed by atoms with Gasteiger partial charge in [-0.2, -0.15) is 5.10 Å². The minimum atomic E-state index is -1.87. The van der Waals surface area contributed by atoms with Crippen LogP contribution in [-0.4, -0.2) is 27.2 Å². The van der Waals surface area contributed by atoms with Crippen molar-refractivity contribution >= 4 is 23.2 Å². The Morgan fingerprint density at radius 3 is 2.11 bits per heavy atom. The van der Waals surface area contributed by atoms with Gasteiger partial charge in [-0.3, -0.25) is 4.79 Å². The molecule has 0 bridgehead atoms. The molecule has 0 radical (unpaired) electrons. The second-order valence-electron chi connectivity index (χ2n) is 6.28. The number of H-pyrrole nitrogens is 1. The first-order valence-electron chi connectivity index (χ1n) is 8.79. The van der Waals surface area contributed by atoms with Crippen LogP contribution in [0.4, 0.5) is 0 Å². The zero-order chi connectivity index (χ0) is 19.4. The van der Waals surface area contributed by atoms with E-state index in [-0.39, 0.29) is 0 Å². The standard InChI is InChI=1S/C22H18N4O2/c27-21(26-23-15-20-24-18-13-7-8-14-19(18)25-20)22(28,16-9-3-1-4-10-16)17-11-5-2-6-12-17/h1-15,28H,(H,24,25)(H,26,27). The Morgan fingerprint density at radius 1 is 0.929 bits per heavy atom. The van der Waals surface area contributed by atoms with Gasteiger partial charge in [0.2, 0.25) is 0 Å². The number of para-hydroxylation sites is 2. The average Bonchev–Trinajstić information content (AvgIpc) is 3.17. The predicted molar refractivity (Wildman–Crippen MR) is 108 cm³/mol. The quantitative estimate of drug-likeness (QED) is 0.373. The Balaban J connectivity index is 1.61. The molecule has 4 aromatic rings. The third-order valence-electron chi connectivity index (χ3n) is 4.47. The normalized spacial score (nSPS) is 11.8. The molecule has 3 N–H and O–H groups in total. The van der Waals surface area contributed by atoms with Crippen LogP contribution in [-0.2, 0) is 10.4 Å². The molecular weight excluding hydrogens is 352 g/mol. The largest absolute Gasteiger partial charge is 0.372 e. The van der Waals surface area contributed by atoms with Gasteiger partial charge in [-0.25, -0.2) is 10.4 Å². The lowest BCUT2D eigenvalue weighted by Gasteiger charge is -2.26. The topological polar surface area (TPSA) is 90.4 Å². The second-order valence-corrected chi connectivity index (χ2v) is 6.28. The van der Waals surface area contributed by atoms with Crippen molar-refractivity contribution < 1.29 is 9.90 Å². The van der Waals surface area contributed by atoms with E-state index in [9.17, 15) is 9.90 Å². The summed E-state index contributed by atoms with van der Waals surface area (Å²) >= 11 is 0. The monoisotopic (exact) mass is 370 g/mol. The Kier molecular flexibility index (Phi) is 4.70. The summed E-state index contributed by atoms with van der Waals surface area (Å²) in [5, 5.41) is 15.3. The maximum absolute atomic E-state index is 12.9. The van der Waals surface area contributed by atoms with Crippen molar-refractivity contribution in [1.82, 2.24) is 15.4 Å². The van der Waals surface area contributed by atoms with Crippen molar-refractivity contribution in [3.63, 3.8) is 0 Å². The zero-order valence-electron chi connectivity index (χ0n) is 14.9. The molecule has 0 atom stereocenters. The third kappa shape index (κ3) is 3.28. The molecule has 1 aromatic heterocycles. The number of aromatic amines is 1. The molecular formula is C22H18N4O2. The summed E-state index contributed by atoms with van der Waals surface area (Å²) in [6, 6.07) is 25.1. The van der Waals surface area contributed by atoms with Gasteiger partial charge in [-0.15, -0.1) is 0 Å². The van der Waals surface area contributed by atoms with Crippen LogP contribution in [0.5, 0.6) is 0 Å². The van der Waals surface area contributed by atoms with Crippen LogP contribution >= 0.6 is 0 Å². The molecule has 1 heterocycles. The van der Waals surface area contributed by atoms with Crippen LogP contribution in [0.25, 0.3) is 11.0 Å². The maximum atomic E-state index is 12.9. The minimum Gasteiger partial charge on any atom is -0.372 e. The van der Waals surface area contributed by atoms with Crippen molar-refractivity contribution in [2.45, 2.75) is 5.60 Å². The Morgan fingerprint density at radius 2 is 1.50 bits per heavy atom. The molecule has 4 rings (SSSR count). The van der Waals surface area contributed by atoms with Crippen LogP contribution < -0.4 is 5.43 Å². The summed E-state index contributed by atoms with van der Waals surface area (Å²) in [7, 11) is 0. The van der Waals surface area contributed by atoms with Gasteiger partial charge in [0, 0.05) is 0 Å². The Bertz CT molecular complexity index is 1050. The number of carbonyl (C=O) groups is 1. The number of hydrazone groups is 1. The summed E-state index contributed by atoms with van der Waals surface area (Å²) in [5.41, 5.74) is 3.16. The number of aromatic nitrogens is 2. The lowest BCUT2D eigenvalue weighted by Crippen LogP contribution is -2.43. The molecule has 0 aliphatic carbocycles. The van der Waals surface area contributed by atoms with Crippen molar-refractivity contribution in [2.24, 2.45) is 5.10 Å². The molecule has 6 nitrogen and oxygen atoms in total. The van der Waals surface area contributed by atoms with E-state index in [4.69, 9.17) is 0 Å². The highest BCUT2D eigenvalue weighted by Gasteiger charge is 2.39. The van der Waals surface area contributed by atoms with Gasteiger partial charge < -0.3 is 10.1 Å². The van der Waals surface area contributed by atoms with Gasteiger partial charge >= 0.3 is 0 Å². The van der Waals surface area contributed by atoms with E-state index in [1.807, 2.05) is 36.4 Å². The number of hydrogen-bond donors (Lipinski definition) is 3. The average molecular weight is 370 g/mol. The van der Waals surface area contributed by atoms with Crippen LogP contribution in [0, 0.1) is 0 Å². The smallest absolute Gasteiger partial charge is 0.281 e. The molecule has 28 heavy (non-hydrogen) atoms. The minimum absolute atomic E-state index is 0.456. The lowest BCUT2D eigenvalue weighted by molar-refractivity contribution is -0.136. The molecule has 0 fully saturated rings. The van der Waals surface area contributed by atoms with Gasteiger partial charge in [0.25, 0.3) is 5.91 Å². The SMILES string of the molecule is O=C(NN=Cc1nc2ccccc2[nH]1)C(O)(c1ccccc1)c1ccccc1. The van der Waals surface area contributed by atoms with E-state index >= 15 is 0 Å². The first kappa shape index (κ1) is 17.6. The van der Waals surface area contributed by atoms with Gasteiger partial charge in [0.1, 0.15) is 0 Å².